The summed E-state index contributed by atoms with van der Waals surface area (Å²) < 4.78 is 17.8. The predicted octanol–water partition coefficient (Wildman–Crippen LogP) is 2.39. The first kappa shape index (κ1) is 11.5. The molecule has 0 amide bonds. The summed E-state index contributed by atoms with van der Waals surface area (Å²) in [7, 11) is 1.51. The van der Waals surface area contributed by atoms with Gasteiger partial charge in [-0.15, -0.1) is 0 Å². The molecule has 0 radical (unpaired) electrons. The van der Waals surface area contributed by atoms with Crippen LogP contribution in [0.2, 0.25) is 0 Å². The number of aliphatic hydroxyl groups excluding tert-OH is 1. The van der Waals surface area contributed by atoms with Gasteiger partial charge >= 0.3 is 0 Å². The molecule has 1 heterocycles. The molecule has 0 atom stereocenters. The van der Waals surface area contributed by atoms with Gasteiger partial charge in [0.15, 0.2) is 0 Å². The maximum atomic E-state index is 12.8. The third-order valence-corrected chi connectivity index (χ3v) is 2.50. The zero-order chi connectivity index (χ0) is 12.3. The molecule has 0 spiro atoms. The first-order valence-corrected chi connectivity index (χ1v) is 5.14. The van der Waals surface area contributed by atoms with E-state index in [2.05, 4.69) is 4.98 Å². The number of pyridine rings is 1. The van der Waals surface area contributed by atoms with Crippen LogP contribution in [-0.2, 0) is 6.61 Å². The molecular weight excluding hydrogens is 221 g/mol. The van der Waals surface area contributed by atoms with Crippen LogP contribution in [0.5, 0.6) is 5.88 Å². The fourth-order valence-electron chi connectivity index (χ4n) is 1.61. The number of rotatable bonds is 3. The Labute approximate surface area is 98.5 Å². The zero-order valence-electron chi connectivity index (χ0n) is 9.35. The second-order valence-corrected chi connectivity index (χ2v) is 3.55. The fraction of sp³-hybridized carbons (Fsp3) is 0.154. The minimum absolute atomic E-state index is 0.119. The summed E-state index contributed by atoms with van der Waals surface area (Å²) in [6, 6.07) is 7.72. The SMILES string of the molecule is COc1cc(CO)c(-c2ccc(F)cc2)cn1. The summed E-state index contributed by atoms with van der Waals surface area (Å²) in [5.74, 6) is 0.153. The van der Waals surface area contributed by atoms with Gasteiger partial charge in [0.25, 0.3) is 0 Å². The normalized spacial score (nSPS) is 10.3. The van der Waals surface area contributed by atoms with Crippen molar-refractivity contribution in [3.63, 3.8) is 0 Å². The highest BCUT2D eigenvalue weighted by molar-refractivity contribution is 5.66. The molecule has 0 aliphatic heterocycles. The van der Waals surface area contributed by atoms with Crippen LogP contribution < -0.4 is 4.74 Å². The Morgan fingerprint density at radius 2 is 2.00 bits per heavy atom. The number of aromatic nitrogens is 1. The third kappa shape index (κ3) is 2.42. The van der Waals surface area contributed by atoms with Crippen molar-refractivity contribution in [1.82, 2.24) is 4.98 Å². The van der Waals surface area contributed by atoms with Crippen LogP contribution in [0.3, 0.4) is 0 Å². The maximum Gasteiger partial charge on any atom is 0.213 e. The molecule has 1 N–H and O–H groups in total. The van der Waals surface area contributed by atoms with Crippen LogP contribution in [0.25, 0.3) is 11.1 Å². The first-order chi connectivity index (χ1) is 8.24. The molecule has 2 rings (SSSR count). The minimum atomic E-state index is -0.291. The molecule has 2 aromatic rings. The van der Waals surface area contributed by atoms with Gasteiger partial charge < -0.3 is 9.84 Å². The molecule has 4 heteroatoms. The van der Waals surface area contributed by atoms with Crippen LogP contribution in [0.1, 0.15) is 5.56 Å². The summed E-state index contributed by atoms with van der Waals surface area (Å²) in [6.07, 6.45) is 1.61. The van der Waals surface area contributed by atoms with Gasteiger partial charge in [0.2, 0.25) is 5.88 Å². The molecule has 0 fully saturated rings. The first-order valence-electron chi connectivity index (χ1n) is 5.14. The fourth-order valence-corrected chi connectivity index (χ4v) is 1.61. The Morgan fingerprint density at radius 3 is 2.59 bits per heavy atom. The summed E-state index contributed by atoms with van der Waals surface area (Å²) >= 11 is 0. The summed E-state index contributed by atoms with van der Waals surface area (Å²) in [5.41, 5.74) is 2.28. The van der Waals surface area contributed by atoms with Gasteiger partial charge in [-0.1, -0.05) is 12.1 Å². The standard InChI is InChI=1S/C13H12FNO2/c1-17-13-6-10(8-16)12(7-15-13)9-2-4-11(14)5-3-9/h2-7,16H,8H2,1H3. The van der Waals surface area contributed by atoms with Crippen LogP contribution >= 0.6 is 0 Å². The Bertz CT molecular complexity index is 511. The van der Waals surface area contributed by atoms with E-state index in [1.165, 1.54) is 19.2 Å². The van der Waals surface area contributed by atoms with E-state index in [1.54, 1.807) is 24.4 Å². The van der Waals surface area contributed by atoms with E-state index in [0.717, 1.165) is 11.1 Å². The van der Waals surface area contributed by atoms with Gasteiger partial charge in [-0.05, 0) is 23.3 Å². The smallest absolute Gasteiger partial charge is 0.213 e. The van der Waals surface area contributed by atoms with E-state index in [4.69, 9.17) is 4.74 Å². The van der Waals surface area contributed by atoms with Crippen molar-refractivity contribution in [3.8, 4) is 17.0 Å². The Kier molecular flexibility index (Phi) is 3.35. The van der Waals surface area contributed by atoms with Gasteiger partial charge in [0, 0.05) is 17.8 Å². The average molecular weight is 233 g/mol. The van der Waals surface area contributed by atoms with Crippen molar-refractivity contribution in [2.75, 3.05) is 7.11 Å². The second kappa shape index (κ2) is 4.93. The maximum absolute atomic E-state index is 12.8. The minimum Gasteiger partial charge on any atom is -0.481 e. The van der Waals surface area contributed by atoms with Crippen LogP contribution in [0, 0.1) is 5.82 Å². The van der Waals surface area contributed by atoms with Crippen LogP contribution in [0.4, 0.5) is 4.39 Å². The molecule has 0 aliphatic carbocycles. The molecule has 0 saturated carbocycles. The Hall–Kier alpha value is -1.94. The molecule has 0 bridgehead atoms. The summed E-state index contributed by atoms with van der Waals surface area (Å²) in [4.78, 5) is 4.08. The van der Waals surface area contributed by atoms with Crippen molar-refractivity contribution >= 4 is 0 Å². The number of ether oxygens (including phenoxy) is 1. The number of hydrogen-bond donors (Lipinski definition) is 1. The summed E-state index contributed by atoms with van der Waals surface area (Å²) in [6.45, 7) is -0.119. The van der Waals surface area contributed by atoms with Gasteiger partial charge in [0.05, 0.1) is 13.7 Å². The number of nitrogens with zero attached hydrogens (tertiary/aromatic N) is 1. The molecule has 0 aliphatic rings. The van der Waals surface area contributed by atoms with Crippen molar-refractivity contribution in [2.45, 2.75) is 6.61 Å². The molecular formula is C13H12FNO2. The number of methoxy groups -OCH3 is 1. The molecule has 3 nitrogen and oxygen atoms in total. The van der Waals surface area contributed by atoms with Crippen molar-refractivity contribution in [3.05, 3.63) is 47.9 Å². The van der Waals surface area contributed by atoms with E-state index in [9.17, 15) is 9.50 Å². The topological polar surface area (TPSA) is 42.4 Å². The molecule has 1 aromatic heterocycles. The monoisotopic (exact) mass is 233 g/mol. The highest BCUT2D eigenvalue weighted by Crippen LogP contribution is 2.25. The summed E-state index contributed by atoms with van der Waals surface area (Å²) in [5, 5.41) is 9.30. The lowest BCUT2D eigenvalue weighted by Gasteiger charge is -2.08. The molecule has 88 valence electrons. The number of aliphatic hydroxyl groups is 1. The Morgan fingerprint density at radius 1 is 1.29 bits per heavy atom. The highest BCUT2D eigenvalue weighted by atomic mass is 19.1. The predicted molar refractivity (Wildman–Crippen MR) is 62.1 cm³/mol. The zero-order valence-corrected chi connectivity index (χ0v) is 9.35. The molecule has 1 aromatic carbocycles. The lowest BCUT2D eigenvalue weighted by atomic mass is 10.0. The number of hydrogen-bond acceptors (Lipinski definition) is 3. The van der Waals surface area contributed by atoms with E-state index < -0.39 is 0 Å². The van der Waals surface area contributed by atoms with Gasteiger partial charge in [-0.25, -0.2) is 9.37 Å². The Balaban J connectivity index is 2.47. The second-order valence-electron chi connectivity index (χ2n) is 3.55. The van der Waals surface area contributed by atoms with Gasteiger partial charge in [-0.2, -0.15) is 0 Å². The van der Waals surface area contributed by atoms with Gasteiger partial charge in [0.1, 0.15) is 5.82 Å². The quantitative estimate of drug-likeness (QED) is 0.885. The average Bonchev–Trinajstić information content (AvgIpc) is 2.39. The van der Waals surface area contributed by atoms with Crippen molar-refractivity contribution < 1.29 is 14.2 Å². The molecule has 17 heavy (non-hydrogen) atoms. The largest absolute Gasteiger partial charge is 0.481 e. The van der Waals surface area contributed by atoms with E-state index >= 15 is 0 Å². The van der Waals surface area contributed by atoms with Crippen molar-refractivity contribution in [2.24, 2.45) is 0 Å². The van der Waals surface area contributed by atoms with Crippen LogP contribution in [0.15, 0.2) is 36.5 Å². The lowest BCUT2D eigenvalue weighted by molar-refractivity contribution is 0.281. The highest BCUT2D eigenvalue weighted by Gasteiger charge is 2.07. The molecule has 0 saturated heterocycles. The lowest BCUT2D eigenvalue weighted by Crippen LogP contribution is -1.94. The number of halogens is 1. The molecule has 0 unspecified atom stereocenters. The number of benzene rings is 1. The van der Waals surface area contributed by atoms with Crippen LogP contribution in [-0.4, -0.2) is 17.2 Å². The van der Waals surface area contributed by atoms with Crippen molar-refractivity contribution in [1.29, 1.82) is 0 Å². The van der Waals surface area contributed by atoms with E-state index in [-0.39, 0.29) is 12.4 Å². The van der Waals surface area contributed by atoms with E-state index in [1.807, 2.05) is 0 Å². The van der Waals surface area contributed by atoms with E-state index in [0.29, 0.717) is 11.4 Å². The van der Waals surface area contributed by atoms with Gasteiger partial charge in [-0.3, -0.25) is 0 Å². The third-order valence-electron chi connectivity index (χ3n) is 2.50.